The number of hydrogen-bond donors (Lipinski definition) is 2. The van der Waals surface area contributed by atoms with E-state index in [1.807, 2.05) is 12.1 Å². The molecular formula is C44H58N2. The van der Waals surface area contributed by atoms with Crippen molar-refractivity contribution in [2.75, 3.05) is 11.5 Å². The van der Waals surface area contributed by atoms with Crippen molar-refractivity contribution in [3.05, 3.63) is 129 Å². The Balaban J connectivity index is 1.27. The molecular weight excluding hydrogens is 556 g/mol. The third-order valence-electron chi connectivity index (χ3n) is 11.0. The summed E-state index contributed by atoms with van der Waals surface area (Å²) in [6, 6.07) is 31.6. The lowest BCUT2D eigenvalue weighted by molar-refractivity contribution is 0.328. The second kappa shape index (κ2) is 16.3. The van der Waals surface area contributed by atoms with Crippen LogP contribution >= 0.6 is 0 Å². The molecule has 2 atom stereocenters. The van der Waals surface area contributed by atoms with Gasteiger partial charge in [-0.25, -0.2) is 0 Å². The normalized spacial score (nSPS) is 15.8. The summed E-state index contributed by atoms with van der Waals surface area (Å²) in [6.45, 7) is 8.95. The van der Waals surface area contributed by atoms with Gasteiger partial charge >= 0.3 is 0 Å². The first kappa shape index (κ1) is 33.8. The lowest BCUT2D eigenvalue weighted by atomic mass is 9.83. The zero-order valence-corrected chi connectivity index (χ0v) is 29.0. The minimum Gasteiger partial charge on any atom is -0.399 e. The second-order valence-corrected chi connectivity index (χ2v) is 14.4. The molecule has 0 saturated heterocycles. The number of aryl methyl sites for hydroxylation is 2. The maximum absolute atomic E-state index is 6.04. The van der Waals surface area contributed by atoms with Crippen LogP contribution in [0.1, 0.15) is 153 Å². The van der Waals surface area contributed by atoms with Crippen LogP contribution in [0.5, 0.6) is 0 Å². The quantitative estimate of drug-likeness (QED) is 0.110. The van der Waals surface area contributed by atoms with Crippen LogP contribution in [0.2, 0.25) is 0 Å². The molecule has 0 amide bonds. The number of nitrogen functional groups attached to an aromatic ring is 2. The lowest BCUT2D eigenvalue weighted by Crippen LogP contribution is -2.06. The summed E-state index contributed by atoms with van der Waals surface area (Å²) >= 11 is 0. The van der Waals surface area contributed by atoms with Gasteiger partial charge in [0.15, 0.2) is 0 Å². The largest absolute Gasteiger partial charge is 0.399 e. The van der Waals surface area contributed by atoms with Crippen molar-refractivity contribution in [3.63, 3.8) is 0 Å². The number of unbranched alkanes of at least 4 members (excludes halogenated alkanes) is 4. The topological polar surface area (TPSA) is 52.0 Å². The molecule has 1 aliphatic carbocycles. The number of benzene rings is 4. The van der Waals surface area contributed by atoms with Gasteiger partial charge in [-0.2, -0.15) is 0 Å². The van der Waals surface area contributed by atoms with E-state index >= 15 is 0 Å². The van der Waals surface area contributed by atoms with E-state index in [4.69, 9.17) is 11.5 Å². The number of nitrogens with two attached hydrogens (primary N) is 2. The van der Waals surface area contributed by atoms with Gasteiger partial charge in [-0.15, -0.1) is 0 Å². The molecule has 5 rings (SSSR count). The highest BCUT2D eigenvalue weighted by Gasteiger charge is 2.18. The Bertz CT molecular complexity index is 1410. The van der Waals surface area contributed by atoms with Gasteiger partial charge in [0.1, 0.15) is 0 Å². The van der Waals surface area contributed by atoms with E-state index in [1.165, 1.54) is 122 Å². The molecule has 2 nitrogen and oxygen atoms in total. The molecule has 244 valence electrons. The summed E-state index contributed by atoms with van der Waals surface area (Å²) in [5.41, 5.74) is 24.5. The molecule has 2 heteroatoms. The van der Waals surface area contributed by atoms with E-state index in [0.29, 0.717) is 17.8 Å². The molecule has 0 bridgehead atoms. The monoisotopic (exact) mass is 614 g/mol. The lowest BCUT2D eigenvalue weighted by Gasteiger charge is -2.22. The van der Waals surface area contributed by atoms with Crippen molar-refractivity contribution in [1.82, 2.24) is 0 Å². The van der Waals surface area contributed by atoms with Gasteiger partial charge in [-0.3, -0.25) is 0 Å². The molecule has 2 unspecified atom stereocenters. The van der Waals surface area contributed by atoms with Crippen LogP contribution in [0.3, 0.4) is 0 Å². The van der Waals surface area contributed by atoms with Gasteiger partial charge in [0.2, 0.25) is 0 Å². The minimum absolute atomic E-state index is 0.333. The maximum Gasteiger partial charge on any atom is 0.0316 e. The molecule has 4 aromatic carbocycles. The van der Waals surface area contributed by atoms with Crippen LogP contribution in [-0.2, 0) is 0 Å². The molecule has 1 saturated carbocycles. The molecule has 0 aliphatic heterocycles. The molecule has 0 aromatic heterocycles. The molecule has 0 spiro atoms. The van der Waals surface area contributed by atoms with Crippen LogP contribution in [-0.4, -0.2) is 0 Å². The smallest absolute Gasteiger partial charge is 0.0316 e. The summed E-state index contributed by atoms with van der Waals surface area (Å²) in [5, 5.41) is 0. The van der Waals surface area contributed by atoms with Crippen molar-refractivity contribution < 1.29 is 0 Å². The van der Waals surface area contributed by atoms with Crippen LogP contribution in [0, 0.1) is 19.8 Å². The Morgan fingerprint density at radius 1 is 0.543 bits per heavy atom. The van der Waals surface area contributed by atoms with Crippen LogP contribution < -0.4 is 11.5 Å². The number of anilines is 2. The first-order chi connectivity index (χ1) is 22.3. The van der Waals surface area contributed by atoms with E-state index in [0.717, 1.165) is 17.3 Å². The highest BCUT2D eigenvalue weighted by molar-refractivity contribution is 5.49. The van der Waals surface area contributed by atoms with Gasteiger partial charge in [0, 0.05) is 29.1 Å². The second-order valence-electron chi connectivity index (χ2n) is 14.4. The van der Waals surface area contributed by atoms with Crippen LogP contribution in [0.25, 0.3) is 0 Å². The zero-order valence-electron chi connectivity index (χ0n) is 29.0. The maximum atomic E-state index is 6.04. The Labute approximate surface area is 280 Å². The fourth-order valence-corrected chi connectivity index (χ4v) is 8.08. The van der Waals surface area contributed by atoms with Crippen molar-refractivity contribution in [2.24, 2.45) is 5.92 Å². The van der Waals surface area contributed by atoms with E-state index in [1.54, 1.807) is 0 Å². The highest BCUT2D eigenvalue weighted by atomic mass is 14.5. The molecule has 4 aromatic rings. The highest BCUT2D eigenvalue weighted by Crippen LogP contribution is 2.35. The third-order valence-corrected chi connectivity index (χ3v) is 11.0. The Hall–Kier alpha value is -3.52. The molecule has 0 radical (unpaired) electrons. The first-order valence-corrected chi connectivity index (χ1v) is 18.2. The van der Waals surface area contributed by atoms with E-state index < -0.39 is 0 Å². The SMILES string of the molecule is Cc1cc(N)ccc1C(C)c1ccc(C(CCCCCCCC2CCCCC2)c2ccc(C(C)c3ccc(N)cc3C)cc2)cc1. The Morgan fingerprint density at radius 2 is 0.978 bits per heavy atom. The van der Waals surface area contributed by atoms with Crippen LogP contribution in [0.4, 0.5) is 11.4 Å². The summed E-state index contributed by atoms with van der Waals surface area (Å²) in [6.07, 6.45) is 16.8. The van der Waals surface area contributed by atoms with Gasteiger partial charge in [0.05, 0.1) is 0 Å². The molecule has 1 aliphatic rings. The van der Waals surface area contributed by atoms with E-state index in [-0.39, 0.29) is 0 Å². The number of rotatable bonds is 14. The fourth-order valence-electron chi connectivity index (χ4n) is 8.08. The predicted molar refractivity (Wildman–Crippen MR) is 200 cm³/mol. The predicted octanol–water partition coefficient (Wildman–Crippen LogP) is 12.2. The zero-order chi connectivity index (χ0) is 32.5. The van der Waals surface area contributed by atoms with Crippen LogP contribution in [0.15, 0.2) is 84.9 Å². The molecule has 0 heterocycles. The average molecular weight is 615 g/mol. The van der Waals surface area contributed by atoms with Gasteiger partial charge in [0.25, 0.3) is 0 Å². The van der Waals surface area contributed by atoms with Gasteiger partial charge in [-0.1, -0.05) is 145 Å². The van der Waals surface area contributed by atoms with Crippen molar-refractivity contribution in [2.45, 2.75) is 122 Å². The standard InChI is InChI=1S/C44H58N2/c1-31-29-40(45)25-27-42(31)33(3)36-17-21-38(22-18-36)44(16-12-7-5-6-9-13-35-14-10-8-11-15-35)39-23-19-37(20-24-39)34(4)43-28-26-41(46)30-32(43)2/h17-30,33-35,44H,5-16,45-46H2,1-4H3. The summed E-state index contributed by atoms with van der Waals surface area (Å²) in [4.78, 5) is 0. The Morgan fingerprint density at radius 3 is 1.46 bits per heavy atom. The fraction of sp³-hybridized carbons (Fsp3) is 0.455. The van der Waals surface area contributed by atoms with Crippen molar-refractivity contribution in [1.29, 1.82) is 0 Å². The van der Waals surface area contributed by atoms with E-state index in [9.17, 15) is 0 Å². The molecule has 1 fully saturated rings. The summed E-state index contributed by atoms with van der Waals surface area (Å²) < 4.78 is 0. The molecule has 4 N–H and O–H groups in total. The summed E-state index contributed by atoms with van der Waals surface area (Å²) in [7, 11) is 0. The minimum atomic E-state index is 0.333. The van der Waals surface area contributed by atoms with E-state index in [2.05, 4.69) is 100 Å². The average Bonchev–Trinajstić information content (AvgIpc) is 3.06. The first-order valence-electron chi connectivity index (χ1n) is 18.2. The third kappa shape index (κ3) is 8.84. The number of hydrogen-bond acceptors (Lipinski definition) is 2. The van der Waals surface area contributed by atoms with Crippen molar-refractivity contribution in [3.8, 4) is 0 Å². The van der Waals surface area contributed by atoms with Gasteiger partial charge < -0.3 is 11.5 Å². The van der Waals surface area contributed by atoms with Gasteiger partial charge in [-0.05, 0) is 95.0 Å². The Kier molecular flexibility index (Phi) is 12.0. The van der Waals surface area contributed by atoms with Crippen molar-refractivity contribution >= 4 is 11.4 Å². The summed E-state index contributed by atoms with van der Waals surface area (Å²) in [5.74, 6) is 2.09. The molecule has 46 heavy (non-hydrogen) atoms.